The minimum atomic E-state index is -0.671. The number of hydrogen-bond acceptors (Lipinski definition) is 4. The maximum absolute atomic E-state index is 12.9. The fourth-order valence-corrected chi connectivity index (χ4v) is 4.25. The topological polar surface area (TPSA) is 64.0 Å². The summed E-state index contributed by atoms with van der Waals surface area (Å²) in [6, 6.07) is 16.6. The Labute approximate surface area is 172 Å². The zero-order chi connectivity index (χ0) is 20.5. The Kier molecular flexibility index (Phi) is 5.03. The first-order valence-corrected chi connectivity index (χ1v) is 10.3. The maximum atomic E-state index is 12.9. The van der Waals surface area contributed by atoms with Crippen LogP contribution in [0.15, 0.2) is 64.8 Å². The Bertz CT molecular complexity index is 1260. The number of para-hydroxylation sites is 1. The van der Waals surface area contributed by atoms with Crippen LogP contribution in [0.25, 0.3) is 22.2 Å². The molecule has 1 atom stereocenters. The molecule has 0 bridgehead atoms. The molecule has 6 heteroatoms. The van der Waals surface area contributed by atoms with E-state index in [0.717, 1.165) is 33.3 Å². The van der Waals surface area contributed by atoms with Gasteiger partial charge in [-0.1, -0.05) is 48.5 Å². The molecule has 1 unspecified atom stereocenters. The van der Waals surface area contributed by atoms with Crippen molar-refractivity contribution in [3.8, 4) is 11.3 Å². The van der Waals surface area contributed by atoms with E-state index in [1.807, 2.05) is 67.8 Å². The molecule has 0 aliphatic rings. The molecular weight excluding hydrogens is 382 g/mol. The van der Waals surface area contributed by atoms with Crippen molar-refractivity contribution in [1.82, 2.24) is 9.55 Å². The molecule has 2 aromatic heterocycles. The minimum absolute atomic E-state index is 0.184. The van der Waals surface area contributed by atoms with Crippen molar-refractivity contribution in [3.63, 3.8) is 0 Å². The highest BCUT2D eigenvalue weighted by atomic mass is 32.1. The van der Waals surface area contributed by atoms with Gasteiger partial charge in [-0.2, -0.15) is 0 Å². The van der Waals surface area contributed by atoms with Crippen LogP contribution in [0.5, 0.6) is 0 Å². The number of thiazole rings is 1. The van der Waals surface area contributed by atoms with Gasteiger partial charge in [0.25, 0.3) is 5.56 Å². The van der Waals surface area contributed by atoms with Crippen molar-refractivity contribution in [1.29, 1.82) is 0 Å². The third kappa shape index (κ3) is 3.59. The van der Waals surface area contributed by atoms with Gasteiger partial charge < -0.3 is 5.32 Å². The fraction of sp³-hybridized carbons (Fsp3) is 0.174. The Morgan fingerprint density at radius 1 is 1.07 bits per heavy atom. The molecule has 146 valence electrons. The van der Waals surface area contributed by atoms with Crippen molar-refractivity contribution in [2.24, 2.45) is 0 Å². The van der Waals surface area contributed by atoms with Crippen LogP contribution in [-0.2, 0) is 4.79 Å². The minimum Gasteiger partial charge on any atom is -0.300 e. The molecule has 0 spiro atoms. The van der Waals surface area contributed by atoms with Crippen LogP contribution in [-0.4, -0.2) is 15.5 Å². The van der Waals surface area contributed by atoms with Crippen molar-refractivity contribution >= 4 is 33.3 Å². The first kappa shape index (κ1) is 19.1. The van der Waals surface area contributed by atoms with Gasteiger partial charge in [-0.25, -0.2) is 4.98 Å². The van der Waals surface area contributed by atoms with E-state index < -0.39 is 6.04 Å². The molecular formula is C23H21N3O2S. The summed E-state index contributed by atoms with van der Waals surface area (Å²) in [6.07, 6.45) is 0. The van der Waals surface area contributed by atoms with Crippen LogP contribution in [0.3, 0.4) is 0 Å². The molecule has 0 saturated heterocycles. The van der Waals surface area contributed by atoms with Crippen LogP contribution in [0.4, 0.5) is 5.13 Å². The molecule has 4 rings (SSSR count). The third-order valence-corrected chi connectivity index (χ3v) is 5.81. The van der Waals surface area contributed by atoms with Crippen LogP contribution in [0, 0.1) is 13.8 Å². The highest BCUT2D eigenvalue weighted by molar-refractivity contribution is 7.14. The lowest BCUT2D eigenvalue weighted by Gasteiger charge is -2.19. The monoisotopic (exact) mass is 403 g/mol. The standard InChI is InChI=1S/C23H21N3O2S/c1-14-8-7-11-18-15(2)12-20(27)26(21(14)18)16(3)22(28)25-23-24-19(13-29-23)17-9-5-4-6-10-17/h4-13,16H,1-3H3,(H,24,25,28). The largest absolute Gasteiger partial charge is 0.300 e. The Morgan fingerprint density at radius 3 is 2.59 bits per heavy atom. The predicted octanol–water partition coefficient (Wildman–Crippen LogP) is 4.94. The summed E-state index contributed by atoms with van der Waals surface area (Å²) in [5.74, 6) is -0.269. The summed E-state index contributed by atoms with van der Waals surface area (Å²) in [5.41, 5.74) is 4.29. The summed E-state index contributed by atoms with van der Waals surface area (Å²) >= 11 is 1.37. The Balaban J connectivity index is 1.66. The number of amides is 1. The lowest BCUT2D eigenvalue weighted by atomic mass is 10.1. The van der Waals surface area contributed by atoms with Gasteiger partial charge in [-0.15, -0.1) is 11.3 Å². The zero-order valence-corrected chi connectivity index (χ0v) is 17.3. The first-order valence-electron chi connectivity index (χ1n) is 9.39. The molecule has 4 aromatic rings. The number of aryl methyl sites for hydroxylation is 2. The quantitative estimate of drug-likeness (QED) is 0.525. The molecule has 1 amide bonds. The van der Waals surface area contributed by atoms with E-state index >= 15 is 0 Å². The summed E-state index contributed by atoms with van der Waals surface area (Å²) in [4.78, 5) is 30.2. The van der Waals surface area contributed by atoms with Gasteiger partial charge in [0.1, 0.15) is 6.04 Å². The van der Waals surface area contributed by atoms with Gasteiger partial charge in [0.05, 0.1) is 11.2 Å². The van der Waals surface area contributed by atoms with Gasteiger partial charge in [0, 0.05) is 22.4 Å². The lowest BCUT2D eigenvalue weighted by molar-refractivity contribution is -0.118. The van der Waals surface area contributed by atoms with E-state index in [1.165, 1.54) is 11.3 Å². The lowest BCUT2D eigenvalue weighted by Crippen LogP contribution is -2.32. The van der Waals surface area contributed by atoms with Gasteiger partial charge in [0.2, 0.25) is 5.91 Å². The molecule has 1 N–H and O–H groups in total. The summed E-state index contributed by atoms with van der Waals surface area (Å²) in [7, 11) is 0. The third-order valence-electron chi connectivity index (χ3n) is 5.05. The van der Waals surface area contributed by atoms with Gasteiger partial charge >= 0.3 is 0 Å². The van der Waals surface area contributed by atoms with E-state index in [1.54, 1.807) is 17.6 Å². The molecule has 5 nitrogen and oxygen atoms in total. The van der Waals surface area contributed by atoms with E-state index in [0.29, 0.717) is 5.13 Å². The number of rotatable bonds is 4. The Hall–Kier alpha value is -3.25. The number of carbonyl (C=O) groups excluding carboxylic acids is 1. The van der Waals surface area contributed by atoms with Crippen LogP contribution in [0.1, 0.15) is 24.1 Å². The average Bonchev–Trinajstić information content (AvgIpc) is 3.17. The summed E-state index contributed by atoms with van der Waals surface area (Å²) < 4.78 is 1.57. The molecule has 0 saturated carbocycles. The SMILES string of the molecule is Cc1cc(=O)n(C(C)C(=O)Nc2nc(-c3ccccc3)cs2)c2c(C)cccc12. The number of nitrogens with one attached hydrogen (secondary N) is 1. The van der Waals surface area contributed by atoms with Gasteiger partial charge in [-0.3, -0.25) is 14.2 Å². The molecule has 2 heterocycles. The normalized spacial score (nSPS) is 12.1. The fourth-order valence-electron chi connectivity index (χ4n) is 3.52. The molecule has 0 fully saturated rings. The average molecular weight is 404 g/mol. The van der Waals surface area contributed by atoms with Crippen molar-refractivity contribution in [3.05, 3.63) is 81.5 Å². The summed E-state index contributed by atoms with van der Waals surface area (Å²) in [5, 5.41) is 6.27. The molecule has 0 radical (unpaired) electrons. The van der Waals surface area contributed by atoms with Crippen molar-refractivity contribution < 1.29 is 4.79 Å². The highest BCUT2D eigenvalue weighted by Gasteiger charge is 2.21. The van der Waals surface area contributed by atoms with Crippen molar-refractivity contribution in [2.75, 3.05) is 5.32 Å². The first-order chi connectivity index (χ1) is 14.0. The molecule has 0 aliphatic heterocycles. The van der Waals surface area contributed by atoms with Crippen LogP contribution < -0.4 is 10.9 Å². The van der Waals surface area contributed by atoms with Crippen LogP contribution >= 0.6 is 11.3 Å². The molecule has 2 aromatic carbocycles. The second-order valence-corrected chi connectivity index (χ2v) is 7.93. The smallest absolute Gasteiger partial charge is 0.252 e. The number of nitrogens with zero attached hydrogens (tertiary/aromatic N) is 2. The number of aromatic nitrogens is 2. The second kappa shape index (κ2) is 7.64. The predicted molar refractivity (Wildman–Crippen MR) is 119 cm³/mol. The zero-order valence-electron chi connectivity index (χ0n) is 16.5. The van der Waals surface area contributed by atoms with Gasteiger partial charge in [-0.05, 0) is 31.9 Å². The molecule has 0 aliphatic carbocycles. The highest BCUT2D eigenvalue weighted by Crippen LogP contribution is 2.26. The molecule has 29 heavy (non-hydrogen) atoms. The van der Waals surface area contributed by atoms with E-state index in [-0.39, 0.29) is 11.5 Å². The van der Waals surface area contributed by atoms with Gasteiger partial charge in [0.15, 0.2) is 5.13 Å². The van der Waals surface area contributed by atoms with Crippen molar-refractivity contribution in [2.45, 2.75) is 26.8 Å². The van der Waals surface area contributed by atoms with E-state index in [2.05, 4.69) is 10.3 Å². The second-order valence-electron chi connectivity index (χ2n) is 7.08. The number of benzene rings is 2. The van der Waals surface area contributed by atoms with E-state index in [4.69, 9.17) is 0 Å². The Morgan fingerprint density at radius 2 is 1.83 bits per heavy atom. The number of hydrogen-bond donors (Lipinski definition) is 1. The number of carbonyl (C=O) groups is 1. The van der Waals surface area contributed by atoms with E-state index in [9.17, 15) is 9.59 Å². The summed E-state index contributed by atoms with van der Waals surface area (Å²) in [6.45, 7) is 5.61. The number of pyridine rings is 1. The van der Waals surface area contributed by atoms with Crippen LogP contribution in [0.2, 0.25) is 0 Å². The number of fused-ring (bicyclic) bond motifs is 1. The maximum Gasteiger partial charge on any atom is 0.252 e. The number of anilines is 1.